The highest BCUT2D eigenvalue weighted by molar-refractivity contribution is 5.92. The molecule has 1 amide bonds. The van der Waals surface area contributed by atoms with Crippen molar-refractivity contribution in [2.45, 2.75) is 6.54 Å². The highest BCUT2D eigenvalue weighted by atomic mass is 16.3. The number of nitrogens with two attached hydrogens (primary N) is 1. The van der Waals surface area contributed by atoms with Gasteiger partial charge in [0.05, 0.1) is 13.2 Å². The average Bonchev–Trinajstić information content (AvgIpc) is 2.30. The van der Waals surface area contributed by atoms with E-state index >= 15 is 0 Å². The molecule has 0 fully saturated rings. The van der Waals surface area contributed by atoms with Gasteiger partial charge < -0.3 is 21.5 Å². The molecular weight excluding hydrogens is 206 g/mol. The second kappa shape index (κ2) is 6.95. The van der Waals surface area contributed by atoms with Gasteiger partial charge in [-0.25, -0.2) is 0 Å². The first kappa shape index (κ1) is 12.6. The third kappa shape index (κ3) is 3.98. The summed E-state index contributed by atoms with van der Waals surface area (Å²) in [5.41, 5.74) is 7.19. The average molecular weight is 223 g/mol. The largest absolute Gasteiger partial charge is 0.395 e. The smallest absolute Gasteiger partial charge is 0.238 e. The number of amides is 1. The highest BCUT2D eigenvalue weighted by Crippen LogP contribution is 2.13. The molecule has 0 bridgehead atoms. The first-order valence-corrected chi connectivity index (χ1v) is 5.17. The van der Waals surface area contributed by atoms with Gasteiger partial charge in [-0.05, 0) is 11.6 Å². The first-order chi connectivity index (χ1) is 7.77. The van der Waals surface area contributed by atoms with Gasteiger partial charge in [0.25, 0.3) is 0 Å². The number of nitrogens with one attached hydrogen (secondary N) is 2. The molecule has 0 spiro atoms. The van der Waals surface area contributed by atoms with Crippen molar-refractivity contribution in [3.63, 3.8) is 0 Å². The molecule has 16 heavy (non-hydrogen) atoms. The molecule has 0 unspecified atom stereocenters. The summed E-state index contributed by atoms with van der Waals surface area (Å²) in [5.74, 6) is -0.144. The molecule has 0 aliphatic rings. The summed E-state index contributed by atoms with van der Waals surface area (Å²) in [6.07, 6.45) is 0. The Morgan fingerprint density at radius 3 is 2.81 bits per heavy atom. The summed E-state index contributed by atoms with van der Waals surface area (Å²) in [5, 5.41) is 14.1. The zero-order chi connectivity index (χ0) is 11.8. The lowest BCUT2D eigenvalue weighted by atomic mass is 10.2. The zero-order valence-electron chi connectivity index (χ0n) is 9.07. The van der Waals surface area contributed by atoms with Crippen molar-refractivity contribution in [2.24, 2.45) is 5.73 Å². The third-order valence-corrected chi connectivity index (χ3v) is 2.09. The number of aliphatic hydroxyl groups is 1. The van der Waals surface area contributed by atoms with Gasteiger partial charge in [0.2, 0.25) is 5.91 Å². The van der Waals surface area contributed by atoms with Crippen molar-refractivity contribution in [1.82, 2.24) is 5.32 Å². The van der Waals surface area contributed by atoms with Crippen LogP contribution in [0.2, 0.25) is 0 Å². The van der Waals surface area contributed by atoms with Gasteiger partial charge in [0.1, 0.15) is 0 Å². The Hall–Kier alpha value is -1.43. The van der Waals surface area contributed by atoms with Crippen LogP contribution < -0.4 is 16.4 Å². The van der Waals surface area contributed by atoms with Crippen LogP contribution in [0.15, 0.2) is 24.3 Å². The molecule has 1 aromatic rings. The van der Waals surface area contributed by atoms with E-state index in [2.05, 4.69) is 10.6 Å². The maximum Gasteiger partial charge on any atom is 0.238 e. The van der Waals surface area contributed by atoms with Crippen molar-refractivity contribution in [3.8, 4) is 0 Å². The van der Waals surface area contributed by atoms with E-state index in [9.17, 15) is 4.79 Å². The number of hydrogen-bond donors (Lipinski definition) is 4. The molecule has 1 aromatic carbocycles. The lowest BCUT2D eigenvalue weighted by Gasteiger charge is -2.09. The summed E-state index contributed by atoms with van der Waals surface area (Å²) in [6, 6.07) is 7.40. The summed E-state index contributed by atoms with van der Waals surface area (Å²) in [7, 11) is 0. The fourth-order valence-corrected chi connectivity index (χ4v) is 1.30. The van der Waals surface area contributed by atoms with Gasteiger partial charge >= 0.3 is 0 Å². The molecule has 1 rings (SSSR count). The van der Waals surface area contributed by atoms with E-state index in [1.807, 2.05) is 24.3 Å². The van der Waals surface area contributed by atoms with Crippen LogP contribution in [0.4, 0.5) is 5.69 Å². The molecule has 0 aromatic heterocycles. The predicted molar refractivity (Wildman–Crippen MR) is 62.9 cm³/mol. The Morgan fingerprint density at radius 1 is 1.38 bits per heavy atom. The fraction of sp³-hybridized carbons (Fsp3) is 0.364. The van der Waals surface area contributed by atoms with Crippen LogP contribution >= 0.6 is 0 Å². The fourth-order valence-electron chi connectivity index (χ4n) is 1.30. The zero-order valence-corrected chi connectivity index (χ0v) is 9.07. The second-order valence-corrected chi connectivity index (χ2v) is 3.31. The number of rotatable bonds is 6. The Labute approximate surface area is 94.7 Å². The van der Waals surface area contributed by atoms with Gasteiger partial charge in [0.15, 0.2) is 0 Å². The lowest BCUT2D eigenvalue weighted by molar-refractivity contribution is -0.115. The van der Waals surface area contributed by atoms with Crippen molar-refractivity contribution in [1.29, 1.82) is 0 Å². The molecular formula is C11H17N3O2. The van der Waals surface area contributed by atoms with E-state index in [0.717, 1.165) is 11.3 Å². The Bertz CT molecular complexity index is 342. The first-order valence-electron chi connectivity index (χ1n) is 5.17. The molecule has 0 atom stereocenters. The van der Waals surface area contributed by atoms with Crippen molar-refractivity contribution < 1.29 is 9.90 Å². The molecule has 0 radical (unpaired) electrons. The van der Waals surface area contributed by atoms with E-state index in [1.54, 1.807) is 0 Å². The number of benzene rings is 1. The van der Waals surface area contributed by atoms with Crippen LogP contribution in [0.1, 0.15) is 5.56 Å². The molecule has 5 nitrogen and oxygen atoms in total. The lowest BCUT2D eigenvalue weighted by Crippen LogP contribution is -2.30. The number of hydrogen-bond acceptors (Lipinski definition) is 4. The van der Waals surface area contributed by atoms with Gasteiger partial charge in [-0.3, -0.25) is 4.79 Å². The van der Waals surface area contributed by atoms with Crippen LogP contribution in [0.25, 0.3) is 0 Å². The molecule has 0 aliphatic carbocycles. The van der Waals surface area contributed by atoms with Crippen LogP contribution in [-0.4, -0.2) is 30.7 Å². The predicted octanol–water partition coefficient (Wildman–Crippen LogP) is -0.334. The number of carbonyl (C=O) groups is 1. The van der Waals surface area contributed by atoms with E-state index in [-0.39, 0.29) is 19.1 Å². The minimum atomic E-state index is -0.144. The quantitative estimate of drug-likeness (QED) is 0.497. The third-order valence-electron chi connectivity index (χ3n) is 2.09. The molecule has 5 heteroatoms. The number of carbonyl (C=O) groups excluding carboxylic acids is 1. The Kier molecular flexibility index (Phi) is 5.49. The monoisotopic (exact) mass is 223 g/mol. The standard InChI is InChI=1S/C11H17N3O2/c12-7-9-3-1-2-4-10(9)14-11(16)8-13-5-6-15/h1-4,13,15H,5-8,12H2,(H,14,16). The molecule has 0 saturated heterocycles. The van der Waals surface area contributed by atoms with Crippen LogP contribution in [-0.2, 0) is 11.3 Å². The van der Waals surface area contributed by atoms with Gasteiger partial charge in [-0.2, -0.15) is 0 Å². The van der Waals surface area contributed by atoms with Crippen molar-refractivity contribution >= 4 is 11.6 Å². The Balaban J connectivity index is 2.49. The van der Waals surface area contributed by atoms with Gasteiger partial charge in [-0.15, -0.1) is 0 Å². The molecule has 0 saturated carbocycles. The molecule has 0 heterocycles. The summed E-state index contributed by atoms with van der Waals surface area (Å²) >= 11 is 0. The number of aliphatic hydroxyl groups excluding tert-OH is 1. The number of anilines is 1. The van der Waals surface area contributed by atoms with Gasteiger partial charge in [-0.1, -0.05) is 18.2 Å². The maximum atomic E-state index is 11.5. The van der Waals surface area contributed by atoms with Crippen molar-refractivity contribution in [2.75, 3.05) is 25.0 Å². The van der Waals surface area contributed by atoms with E-state index < -0.39 is 0 Å². The highest BCUT2D eigenvalue weighted by Gasteiger charge is 2.04. The molecule has 88 valence electrons. The minimum Gasteiger partial charge on any atom is -0.395 e. The van der Waals surface area contributed by atoms with Crippen LogP contribution in [0, 0.1) is 0 Å². The maximum absolute atomic E-state index is 11.5. The molecule has 5 N–H and O–H groups in total. The summed E-state index contributed by atoms with van der Waals surface area (Å²) in [6.45, 7) is 0.999. The van der Waals surface area contributed by atoms with Crippen molar-refractivity contribution in [3.05, 3.63) is 29.8 Å². The normalized spacial score (nSPS) is 10.1. The van der Waals surface area contributed by atoms with E-state index in [0.29, 0.717) is 13.1 Å². The second-order valence-electron chi connectivity index (χ2n) is 3.31. The summed E-state index contributed by atoms with van der Waals surface area (Å²) < 4.78 is 0. The SMILES string of the molecule is NCc1ccccc1NC(=O)CNCCO. The van der Waals surface area contributed by atoms with Gasteiger partial charge in [0, 0.05) is 18.8 Å². The topological polar surface area (TPSA) is 87.4 Å². The van der Waals surface area contributed by atoms with E-state index in [1.165, 1.54) is 0 Å². The number of para-hydroxylation sites is 1. The van der Waals surface area contributed by atoms with Crippen LogP contribution in [0.5, 0.6) is 0 Å². The Morgan fingerprint density at radius 2 is 2.12 bits per heavy atom. The van der Waals surface area contributed by atoms with E-state index in [4.69, 9.17) is 10.8 Å². The molecule has 0 aliphatic heterocycles. The van der Waals surface area contributed by atoms with Crippen LogP contribution in [0.3, 0.4) is 0 Å². The minimum absolute atomic E-state index is 0.0205. The summed E-state index contributed by atoms with van der Waals surface area (Å²) in [4.78, 5) is 11.5.